The molecule has 5 nitrogen and oxygen atoms in total. The highest BCUT2D eigenvalue weighted by atomic mass is 35.5. The summed E-state index contributed by atoms with van der Waals surface area (Å²) in [6.45, 7) is 7.41. The van der Waals surface area contributed by atoms with Gasteiger partial charge in [0.1, 0.15) is 5.75 Å². The number of amides is 2. The summed E-state index contributed by atoms with van der Waals surface area (Å²) in [6, 6.07) is 8.78. The fourth-order valence-corrected chi connectivity index (χ4v) is 3.42. The molecule has 1 atom stereocenters. The summed E-state index contributed by atoms with van der Waals surface area (Å²) in [4.78, 5) is 26.3. The van der Waals surface area contributed by atoms with Gasteiger partial charge in [0.05, 0.1) is 11.6 Å². The van der Waals surface area contributed by atoms with Crippen molar-refractivity contribution in [2.75, 3.05) is 18.9 Å². The predicted molar refractivity (Wildman–Crippen MR) is 113 cm³/mol. The van der Waals surface area contributed by atoms with E-state index in [4.69, 9.17) is 27.9 Å². The fraction of sp³-hybridized carbons (Fsp3) is 0.333. The minimum atomic E-state index is -0.806. The van der Waals surface area contributed by atoms with Crippen LogP contribution in [0.2, 0.25) is 10.0 Å². The molecule has 0 saturated heterocycles. The molecular formula is C21H24Cl2N2O3. The van der Waals surface area contributed by atoms with Crippen LogP contribution in [0.15, 0.2) is 30.3 Å². The van der Waals surface area contributed by atoms with Gasteiger partial charge in [-0.05, 0) is 57.0 Å². The SMILES string of the molecule is Cc1cc(C)c(NC(=O)CN(C)C(=O)C(C)Oc2ccc(Cl)cc2Cl)c(C)c1. The van der Waals surface area contributed by atoms with Crippen molar-refractivity contribution in [2.45, 2.75) is 33.8 Å². The molecule has 2 rings (SSSR count). The quantitative estimate of drug-likeness (QED) is 0.728. The van der Waals surface area contributed by atoms with E-state index in [0.717, 1.165) is 22.4 Å². The van der Waals surface area contributed by atoms with E-state index in [0.29, 0.717) is 15.8 Å². The van der Waals surface area contributed by atoms with Gasteiger partial charge in [-0.25, -0.2) is 0 Å². The Morgan fingerprint density at radius 1 is 1.11 bits per heavy atom. The van der Waals surface area contributed by atoms with Crippen molar-refractivity contribution in [1.29, 1.82) is 0 Å². The predicted octanol–water partition coefficient (Wildman–Crippen LogP) is 4.78. The van der Waals surface area contributed by atoms with E-state index in [1.165, 1.54) is 4.90 Å². The molecule has 0 spiro atoms. The highest BCUT2D eigenvalue weighted by molar-refractivity contribution is 6.35. The number of carbonyl (C=O) groups excluding carboxylic acids is 2. The summed E-state index contributed by atoms with van der Waals surface area (Å²) in [5.41, 5.74) is 3.86. The number of likely N-dealkylation sites (N-methyl/N-ethyl adjacent to an activating group) is 1. The monoisotopic (exact) mass is 422 g/mol. The normalized spacial score (nSPS) is 11.7. The van der Waals surface area contributed by atoms with E-state index in [1.54, 1.807) is 32.2 Å². The van der Waals surface area contributed by atoms with Crippen molar-refractivity contribution < 1.29 is 14.3 Å². The number of ether oxygens (including phenoxy) is 1. The van der Waals surface area contributed by atoms with Gasteiger partial charge in [0, 0.05) is 17.8 Å². The third-order valence-electron chi connectivity index (χ3n) is 4.24. The molecule has 2 amide bonds. The van der Waals surface area contributed by atoms with Crippen LogP contribution in [0, 0.1) is 20.8 Å². The number of hydrogen-bond acceptors (Lipinski definition) is 3. The lowest BCUT2D eigenvalue weighted by molar-refractivity contribution is -0.139. The van der Waals surface area contributed by atoms with Gasteiger partial charge in [-0.3, -0.25) is 9.59 Å². The first-order valence-corrected chi connectivity index (χ1v) is 9.58. The smallest absolute Gasteiger partial charge is 0.263 e. The van der Waals surface area contributed by atoms with Crippen LogP contribution < -0.4 is 10.1 Å². The molecule has 0 radical (unpaired) electrons. The first-order chi connectivity index (χ1) is 13.1. The molecule has 0 heterocycles. The van der Waals surface area contributed by atoms with E-state index < -0.39 is 6.10 Å². The number of hydrogen-bond donors (Lipinski definition) is 1. The lowest BCUT2D eigenvalue weighted by Crippen LogP contribution is -2.42. The van der Waals surface area contributed by atoms with Crippen molar-refractivity contribution in [3.8, 4) is 5.75 Å². The number of benzene rings is 2. The van der Waals surface area contributed by atoms with Crippen LogP contribution in [-0.2, 0) is 9.59 Å². The summed E-state index contributed by atoms with van der Waals surface area (Å²) in [5, 5.41) is 3.68. The number of rotatable bonds is 6. The number of anilines is 1. The Bertz CT molecular complexity index is 876. The largest absolute Gasteiger partial charge is 0.479 e. The van der Waals surface area contributed by atoms with Crippen molar-refractivity contribution in [2.24, 2.45) is 0 Å². The first kappa shape index (κ1) is 22.1. The van der Waals surface area contributed by atoms with Crippen LogP contribution in [0.4, 0.5) is 5.69 Å². The van der Waals surface area contributed by atoms with Gasteiger partial charge >= 0.3 is 0 Å². The zero-order chi connectivity index (χ0) is 21.0. The molecular weight excluding hydrogens is 399 g/mol. The summed E-state index contributed by atoms with van der Waals surface area (Å²) < 4.78 is 5.62. The van der Waals surface area contributed by atoms with Gasteiger partial charge < -0.3 is 15.0 Å². The molecule has 0 bridgehead atoms. The molecule has 0 aromatic heterocycles. The summed E-state index contributed by atoms with van der Waals surface area (Å²) in [5.74, 6) is -0.253. The zero-order valence-corrected chi connectivity index (χ0v) is 18.1. The number of halogens is 2. The zero-order valence-electron chi connectivity index (χ0n) is 16.6. The minimum Gasteiger partial charge on any atom is -0.479 e. The third kappa shape index (κ3) is 5.63. The number of aryl methyl sites for hydroxylation is 3. The van der Waals surface area contributed by atoms with E-state index in [2.05, 4.69) is 5.32 Å². The molecule has 1 unspecified atom stereocenters. The maximum absolute atomic E-state index is 12.5. The molecule has 150 valence electrons. The Morgan fingerprint density at radius 3 is 2.29 bits per heavy atom. The van der Waals surface area contributed by atoms with Crippen molar-refractivity contribution >= 4 is 40.7 Å². The molecule has 0 aliphatic rings. The van der Waals surface area contributed by atoms with Crippen LogP contribution in [-0.4, -0.2) is 36.4 Å². The van der Waals surface area contributed by atoms with Crippen LogP contribution in [0.25, 0.3) is 0 Å². The van der Waals surface area contributed by atoms with Gasteiger partial charge in [-0.2, -0.15) is 0 Å². The van der Waals surface area contributed by atoms with Crippen LogP contribution in [0.5, 0.6) is 5.75 Å². The molecule has 1 N–H and O–H groups in total. The topological polar surface area (TPSA) is 58.6 Å². The highest BCUT2D eigenvalue weighted by Crippen LogP contribution is 2.28. The number of nitrogens with zero attached hydrogens (tertiary/aromatic N) is 1. The van der Waals surface area contributed by atoms with E-state index in [9.17, 15) is 9.59 Å². The van der Waals surface area contributed by atoms with Crippen LogP contribution in [0.1, 0.15) is 23.6 Å². The maximum atomic E-state index is 12.5. The van der Waals surface area contributed by atoms with Crippen molar-refractivity contribution in [3.05, 3.63) is 57.1 Å². The summed E-state index contributed by atoms with van der Waals surface area (Å²) >= 11 is 11.9. The third-order valence-corrected chi connectivity index (χ3v) is 4.77. The summed E-state index contributed by atoms with van der Waals surface area (Å²) in [7, 11) is 1.56. The van der Waals surface area contributed by atoms with E-state index in [1.807, 2.05) is 32.9 Å². The Balaban J connectivity index is 1.98. The molecule has 28 heavy (non-hydrogen) atoms. The molecule has 0 aliphatic carbocycles. The second-order valence-corrected chi connectivity index (χ2v) is 7.69. The maximum Gasteiger partial charge on any atom is 0.263 e. The average molecular weight is 423 g/mol. The number of nitrogens with one attached hydrogen (secondary N) is 1. The van der Waals surface area contributed by atoms with E-state index in [-0.39, 0.29) is 18.4 Å². The highest BCUT2D eigenvalue weighted by Gasteiger charge is 2.22. The van der Waals surface area contributed by atoms with Crippen molar-refractivity contribution in [1.82, 2.24) is 4.90 Å². The molecule has 7 heteroatoms. The Morgan fingerprint density at radius 2 is 1.71 bits per heavy atom. The van der Waals surface area contributed by atoms with E-state index >= 15 is 0 Å². The summed E-state index contributed by atoms with van der Waals surface area (Å²) in [6.07, 6.45) is -0.806. The lowest BCUT2D eigenvalue weighted by atomic mass is 10.1. The van der Waals surface area contributed by atoms with Crippen LogP contribution in [0.3, 0.4) is 0 Å². The van der Waals surface area contributed by atoms with Gasteiger partial charge in [0.2, 0.25) is 5.91 Å². The van der Waals surface area contributed by atoms with Gasteiger partial charge in [-0.15, -0.1) is 0 Å². The Kier molecular flexibility index (Phi) is 7.33. The molecule has 0 aliphatic heterocycles. The van der Waals surface area contributed by atoms with Crippen LogP contribution >= 0.6 is 23.2 Å². The second kappa shape index (κ2) is 9.30. The molecule has 2 aromatic rings. The Labute approximate surface area is 175 Å². The standard InChI is InChI=1S/C21H24Cl2N2O3/c1-12-8-13(2)20(14(3)9-12)24-19(26)11-25(5)21(27)15(4)28-18-7-6-16(22)10-17(18)23/h6-10,15H,11H2,1-5H3,(H,24,26). The van der Waals surface area contributed by atoms with Gasteiger partial charge in [-0.1, -0.05) is 40.9 Å². The molecule has 0 saturated carbocycles. The second-order valence-electron chi connectivity index (χ2n) is 6.85. The average Bonchev–Trinajstić information content (AvgIpc) is 2.59. The number of carbonyl (C=O) groups is 2. The minimum absolute atomic E-state index is 0.0896. The Hall–Kier alpha value is -2.24. The van der Waals surface area contributed by atoms with Crippen molar-refractivity contribution in [3.63, 3.8) is 0 Å². The van der Waals surface area contributed by atoms with Gasteiger partial charge in [0.25, 0.3) is 5.91 Å². The molecule has 2 aromatic carbocycles. The first-order valence-electron chi connectivity index (χ1n) is 8.83. The molecule has 0 fully saturated rings. The van der Waals surface area contributed by atoms with Gasteiger partial charge in [0.15, 0.2) is 6.10 Å². The lowest BCUT2D eigenvalue weighted by Gasteiger charge is -2.22. The fourth-order valence-electron chi connectivity index (χ4n) is 2.97.